The summed E-state index contributed by atoms with van der Waals surface area (Å²) < 4.78 is 0. The highest BCUT2D eigenvalue weighted by molar-refractivity contribution is 6.30. The van der Waals surface area contributed by atoms with Crippen molar-refractivity contribution < 1.29 is 0 Å². The van der Waals surface area contributed by atoms with Crippen molar-refractivity contribution in [3.8, 4) is 11.1 Å². The molecular formula is C34H26ClN. The Morgan fingerprint density at radius 1 is 0.500 bits per heavy atom. The van der Waals surface area contributed by atoms with Gasteiger partial charge in [-0.3, -0.25) is 0 Å². The molecule has 2 heteroatoms. The first-order chi connectivity index (χ1) is 17.8. The van der Waals surface area contributed by atoms with Gasteiger partial charge in [0, 0.05) is 28.4 Å². The number of halogens is 1. The van der Waals surface area contributed by atoms with Crippen LogP contribution in [0, 0.1) is 0 Å². The van der Waals surface area contributed by atoms with Crippen LogP contribution in [0.15, 0.2) is 133 Å². The summed E-state index contributed by atoms with van der Waals surface area (Å²) in [5.74, 6) is 0.159. The molecule has 1 heterocycles. The minimum atomic E-state index is -0.289. The molecule has 0 bridgehead atoms. The summed E-state index contributed by atoms with van der Waals surface area (Å²) in [7, 11) is 0. The van der Waals surface area contributed by atoms with Crippen molar-refractivity contribution in [1.82, 2.24) is 5.32 Å². The molecule has 1 nitrogen and oxygen atoms in total. The van der Waals surface area contributed by atoms with E-state index >= 15 is 0 Å². The van der Waals surface area contributed by atoms with Crippen molar-refractivity contribution in [3.05, 3.63) is 166 Å². The van der Waals surface area contributed by atoms with Gasteiger partial charge in [-0.25, -0.2) is 0 Å². The molecule has 5 aromatic rings. The number of rotatable bonds is 3. The number of benzene rings is 5. The topological polar surface area (TPSA) is 12.0 Å². The predicted molar refractivity (Wildman–Crippen MR) is 148 cm³/mol. The summed E-state index contributed by atoms with van der Waals surface area (Å²) in [6.45, 7) is 0. The normalized spacial score (nSPS) is 21.3. The van der Waals surface area contributed by atoms with Gasteiger partial charge in [0.15, 0.2) is 0 Å². The maximum absolute atomic E-state index is 6.39. The van der Waals surface area contributed by atoms with E-state index < -0.39 is 0 Å². The van der Waals surface area contributed by atoms with Crippen LogP contribution in [0.4, 0.5) is 0 Å². The zero-order chi connectivity index (χ0) is 24.1. The Hall–Kier alpha value is -3.65. The number of hydrogen-bond donors (Lipinski definition) is 1. The third-order valence-corrected chi connectivity index (χ3v) is 8.43. The molecule has 0 saturated carbocycles. The van der Waals surface area contributed by atoms with Crippen LogP contribution in [0.5, 0.6) is 0 Å². The minimum absolute atomic E-state index is 0.0920. The average Bonchev–Trinajstić information content (AvgIpc) is 3.45. The highest BCUT2D eigenvalue weighted by Crippen LogP contribution is 2.67. The van der Waals surface area contributed by atoms with Crippen LogP contribution < -0.4 is 5.32 Å². The van der Waals surface area contributed by atoms with Crippen molar-refractivity contribution in [2.75, 3.05) is 0 Å². The first-order valence-corrected chi connectivity index (χ1v) is 13.0. The quantitative estimate of drug-likeness (QED) is 0.271. The van der Waals surface area contributed by atoms with Gasteiger partial charge in [-0.05, 0) is 51.1 Å². The van der Waals surface area contributed by atoms with E-state index in [1.165, 1.54) is 38.9 Å². The average molecular weight is 484 g/mol. The van der Waals surface area contributed by atoms with Crippen LogP contribution in [0.2, 0.25) is 5.02 Å². The highest BCUT2D eigenvalue weighted by atomic mass is 35.5. The van der Waals surface area contributed by atoms with Gasteiger partial charge in [0.2, 0.25) is 0 Å². The lowest BCUT2D eigenvalue weighted by molar-refractivity contribution is 0.420. The second-order valence-corrected chi connectivity index (χ2v) is 10.3. The Morgan fingerprint density at radius 2 is 1.00 bits per heavy atom. The van der Waals surface area contributed by atoms with E-state index in [2.05, 4.69) is 127 Å². The maximum Gasteiger partial charge on any atom is 0.0496 e. The van der Waals surface area contributed by atoms with Gasteiger partial charge in [0.05, 0.1) is 0 Å². The fourth-order valence-corrected chi connectivity index (χ4v) is 7.00. The van der Waals surface area contributed by atoms with Crippen LogP contribution >= 0.6 is 11.6 Å². The highest BCUT2D eigenvalue weighted by Gasteiger charge is 2.61. The van der Waals surface area contributed by atoms with Gasteiger partial charge < -0.3 is 5.32 Å². The van der Waals surface area contributed by atoms with E-state index in [0.717, 1.165) is 5.02 Å². The van der Waals surface area contributed by atoms with Gasteiger partial charge in [-0.2, -0.15) is 0 Å². The van der Waals surface area contributed by atoms with Crippen molar-refractivity contribution in [2.45, 2.75) is 23.4 Å². The number of fused-ring (bicyclic) bond motifs is 5. The lowest BCUT2D eigenvalue weighted by Crippen LogP contribution is -2.36. The standard InChI is InChI=1S/C34H26ClN/c35-26-21-19-23(20-22-26)31-32(24-11-3-1-4-12-24)36-33(25-13-5-2-6-14-25)34(31)29-17-9-7-15-27(29)28-16-8-10-18-30(28)34/h1-22,31-33,36H/t31-,32+,33-/m1/s1. The van der Waals surface area contributed by atoms with Crippen LogP contribution in [-0.2, 0) is 5.41 Å². The summed E-state index contributed by atoms with van der Waals surface area (Å²) in [5.41, 5.74) is 9.08. The summed E-state index contributed by atoms with van der Waals surface area (Å²) in [6.07, 6.45) is 0. The molecule has 1 saturated heterocycles. The molecule has 1 aliphatic carbocycles. The van der Waals surface area contributed by atoms with Crippen molar-refractivity contribution in [1.29, 1.82) is 0 Å². The van der Waals surface area contributed by atoms with Crippen molar-refractivity contribution in [3.63, 3.8) is 0 Å². The lowest BCUT2D eigenvalue weighted by Gasteiger charge is -2.40. The first-order valence-electron chi connectivity index (χ1n) is 12.6. The second kappa shape index (κ2) is 8.48. The second-order valence-electron chi connectivity index (χ2n) is 9.89. The number of hydrogen-bond acceptors (Lipinski definition) is 1. The molecule has 0 aromatic heterocycles. The molecular weight excluding hydrogens is 458 g/mol. The Morgan fingerprint density at radius 3 is 1.58 bits per heavy atom. The molecule has 0 radical (unpaired) electrons. The molecule has 3 atom stereocenters. The van der Waals surface area contributed by atoms with Crippen molar-refractivity contribution >= 4 is 11.6 Å². The van der Waals surface area contributed by atoms with Gasteiger partial charge >= 0.3 is 0 Å². The fourth-order valence-electron chi connectivity index (χ4n) is 6.88. The maximum atomic E-state index is 6.39. The molecule has 1 aliphatic heterocycles. The minimum Gasteiger partial charge on any atom is -0.301 e. The lowest BCUT2D eigenvalue weighted by atomic mass is 9.61. The zero-order valence-corrected chi connectivity index (χ0v) is 20.6. The van der Waals surface area contributed by atoms with Gasteiger partial charge in [0.1, 0.15) is 0 Å². The van der Waals surface area contributed by atoms with E-state index in [1.54, 1.807) is 0 Å². The van der Waals surface area contributed by atoms with Gasteiger partial charge in [0.25, 0.3) is 0 Å². The van der Waals surface area contributed by atoms with Crippen LogP contribution in [-0.4, -0.2) is 0 Å². The molecule has 7 rings (SSSR count). The predicted octanol–water partition coefficient (Wildman–Crippen LogP) is 8.48. The third kappa shape index (κ3) is 3.07. The molecule has 5 aromatic carbocycles. The molecule has 174 valence electrons. The van der Waals surface area contributed by atoms with Crippen molar-refractivity contribution in [2.24, 2.45) is 0 Å². The monoisotopic (exact) mass is 483 g/mol. The molecule has 1 spiro atoms. The first kappa shape index (κ1) is 21.6. The summed E-state index contributed by atoms with van der Waals surface area (Å²) in [5, 5.41) is 4.93. The molecule has 0 unspecified atom stereocenters. The number of nitrogens with one attached hydrogen (secondary N) is 1. The van der Waals surface area contributed by atoms with E-state index in [1.807, 2.05) is 12.1 Å². The summed E-state index contributed by atoms with van der Waals surface area (Å²) in [4.78, 5) is 0. The summed E-state index contributed by atoms with van der Waals surface area (Å²) in [6, 6.07) is 48.6. The van der Waals surface area contributed by atoms with Crippen LogP contribution in [0.25, 0.3) is 11.1 Å². The smallest absolute Gasteiger partial charge is 0.0496 e. The largest absolute Gasteiger partial charge is 0.301 e. The molecule has 2 aliphatic rings. The van der Waals surface area contributed by atoms with E-state index in [4.69, 9.17) is 11.6 Å². The van der Waals surface area contributed by atoms with Gasteiger partial charge in [-0.15, -0.1) is 0 Å². The SMILES string of the molecule is Clc1ccc([C@@H]2[C@H](c3ccccc3)N[C@H](c3ccccc3)C23c2ccccc2-c2ccccc23)cc1. The Kier molecular flexibility index (Phi) is 5.09. The summed E-state index contributed by atoms with van der Waals surface area (Å²) >= 11 is 6.39. The van der Waals surface area contributed by atoms with Crippen LogP contribution in [0.3, 0.4) is 0 Å². The Labute approximate surface area is 217 Å². The van der Waals surface area contributed by atoms with Crippen LogP contribution in [0.1, 0.15) is 45.8 Å². The van der Waals surface area contributed by atoms with E-state index in [9.17, 15) is 0 Å². The van der Waals surface area contributed by atoms with E-state index in [-0.39, 0.29) is 23.4 Å². The molecule has 1 fully saturated rings. The molecule has 0 amide bonds. The third-order valence-electron chi connectivity index (χ3n) is 8.18. The van der Waals surface area contributed by atoms with E-state index in [0.29, 0.717) is 0 Å². The van der Waals surface area contributed by atoms with Gasteiger partial charge in [-0.1, -0.05) is 133 Å². The zero-order valence-electron chi connectivity index (χ0n) is 19.8. The Bertz CT molecular complexity index is 1480. The fraction of sp³-hybridized carbons (Fsp3) is 0.118. The Balaban J connectivity index is 1.60. The molecule has 1 N–H and O–H groups in total. The molecule has 36 heavy (non-hydrogen) atoms.